The Morgan fingerprint density at radius 2 is 2.22 bits per heavy atom. The molecule has 0 aromatic heterocycles. The summed E-state index contributed by atoms with van der Waals surface area (Å²) in [6.07, 6.45) is -2.93. The summed E-state index contributed by atoms with van der Waals surface area (Å²) in [7, 11) is 0. The van der Waals surface area contributed by atoms with Gasteiger partial charge in [-0.15, -0.1) is 0 Å². The highest BCUT2D eigenvalue weighted by Crippen LogP contribution is 2.39. The third-order valence-corrected chi connectivity index (χ3v) is 4.82. The van der Waals surface area contributed by atoms with Crippen molar-refractivity contribution in [1.82, 2.24) is 5.32 Å². The van der Waals surface area contributed by atoms with E-state index in [2.05, 4.69) is 5.32 Å². The van der Waals surface area contributed by atoms with Gasteiger partial charge in [-0.3, -0.25) is 0 Å². The molecule has 2 aliphatic rings. The molecule has 0 saturated carbocycles. The van der Waals surface area contributed by atoms with Crippen LogP contribution in [0, 0.1) is 0 Å². The normalized spacial score (nSPS) is 34.2. The predicted molar refractivity (Wildman–Crippen MR) is 62.6 cm³/mol. The maximum atomic E-state index is 13.2. The third kappa shape index (κ3) is 2.93. The van der Waals surface area contributed by atoms with E-state index in [1.165, 1.54) is 0 Å². The molecule has 2 unspecified atom stereocenters. The zero-order valence-corrected chi connectivity index (χ0v) is 10.7. The first-order valence-electron chi connectivity index (χ1n) is 6.07. The zero-order valence-electron chi connectivity index (χ0n) is 9.93. The summed E-state index contributed by atoms with van der Waals surface area (Å²) in [4.78, 5) is 0. The summed E-state index contributed by atoms with van der Waals surface area (Å²) in [5.41, 5.74) is -0.695. The average Bonchev–Trinajstić information content (AvgIpc) is 2.33. The van der Waals surface area contributed by atoms with Crippen LogP contribution in [-0.4, -0.2) is 48.6 Å². The van der Waals surface area contributed by atoms with Gasteiger partial charge in [0.2, 0.25) is 0 Å². The highest BCUT2D eigenvalue weighted by Gasteiger charge is 2.51. The number of morpholine rings is 1. The molecule has 2 heterocycles. The van der Waals surface area contributed by atoms with Crippen LogP contribution in [0.5, 0.6) is 0 Å². The molecule has 2 atom stereocenters. The minimum Gasteiger partial charge on any atom is -0.371 e. The lowest BCUT2D eigenvalue weighted by atomic mass is 9.85. The molecule has 2 saturated heterocycles. The Morgan fingerprint density at radius 3 is 2.83 bits per heavy atom. The molecule has 1 N–H and O–H groups in total. The molecule has 0 aromatic carbocycles. The largest absolute Gasteiger partial charge is 0.371 e. The molecule has 0 radical (unpaired) electrons. The lowest BCUT2D eigenvalue weighted by Gasteiger charge is -2.47. The third-order valence-electron chi connectivity index (χ3n) is 3.55. The molecule has 2 fully saturated rings. The molecule has 2 rings (SSSR count). The monoisotopic (exact) mass is 287 g/mol. The zero-order chi connectivity index (χ0) is 13.2. The Balaban J connectivity index is 2.08. The number of alkyl halides is 4. The van der Waals surface area contributed by atoms with Crippen molar-refractivity contribution in [3.8, 4) is 0 Å². The molecule has 0 aromatic rings. The predicted octanol–water partition coefficient (Wildman–Crippen LogP) is 2.53. The van der Waals surface area contributed by atoms with E-state index < -0.39 is 30.4 Å². The summed E-state index contributed by atoms with van der Waals surface area (Å²) in [6, 6.07) is -0.692. The number of hydrogen-bond acceptors (Lipinski definition) is 3. The van der Waals surface area contributed by atoms with Crippen molar-refractivity contribution in [1.29, 1.82) is 0 Å². The molecule has 1 spiro atoms. The molecule has 0 aliphatic carbocycles. The van der Waals surface area contributed by atoms with Crippen LogP contribution in [-0.2, 0) is 4.74 Å². The lowest BCUT2D eigenvalue weighted by molar-refractivity contribution is -0.164. The molecular formula is C11H17F4NOS. The number of rotatable bonds is 3. The quantitative estimate of drug-likeness (QED) is 0.806. The van der Waals surface area contributed by atoms with E-state index in [1.807, 2.05) is 0 Å². The second kappa shape index (κ2) is 5.54. The molecule has 2 nitrogen and oxygen atoms in total. The molecular weight excluding hydrogens is 270 g/mol. The first kappa shape index (κ1) is 14.4. The Hall–Kier alpha value is -0.0100. The molecule has 0 amide bonds. The van der Waals surface area contributed by atoms with Crippen molar-refractivity contribution in [2.75, 3.05) is 24.7 Å². The van der Waals surface area contributed by atoms with Crippen molar-refractivity contribution < 1.29 is 22.3 Å². The van der Waals surface area contributed by atoms with Crippen LogP contribution in [0.15, 0.2) is 0 Å². The summed E-state index contributed by atoms with van der Waals surface area (Å²) in [5.74, 6) is -2.37. The van der Waals surface area contributed by atoms with Crippen LogP contribution < -0.4 is 5.32 Å². The number of ether oxygens (including phenoxy) is 1. The molecule has 106 valence electrons. The fourth-order valence-electron chi connectivity index (χ4n) is 2.57. The van der Waals surface area contributed by atoms with E-state index >= 15 is 0 Å². The second-order valence-electron chi connectivity index (χ2n) is 4.84. The van der Waals surface area contributed by atoms with Crippen molar-refractivity contribution in [3.63, 3.8) is 0 Å². The van der Waals surface area contributed by atoms with Crippen LogP contribution >= 0.6 is 11.8 Å². The molecule has 7 heteroatoms. The first-order valence-corrected chi connectivity index (χ1v) is 7.23. The fraction of sp³-hybridized carbons (Fsp3) is 1.00. The highest BCUT2D eigenvalue weighted by molar-refractivity contribution is 7.99. The maximum absolute atomic E-state index is 13.2. The van der Waals surface area contributed by atoms with Gasteiger partial charge in [0.15, 0.2) is 0 Å². The Morgan fingerprint density at radius 1 is 1.44 bits per heavy atom. The molecule has 2 aliphatic heterocycles. The van der Waals surface area contributed by atoms with Crippen molar-refractivity contribution in [2.45, 2.75) is 43.3 Å². The highest BCUT2D eigenvalue weighted by atomic mass is 32.2. The minimum absolute atomic E-state index is 0.441. The van der Waals surface area contributed by atoms with Crippen molar-refractivity contribution >= 4 is 11.8 Å². The van der Waals surface area contributed by atoms with Gasteiger partial charge in [-0.25, -0.2) is 17.6 Å². The second-order valence-corrected chi connectivity index (χ2v) is 5.95. The van der Waals surface area contributed by atoms with Gasteiger partial charge in [-0.05, 0) is 18.6 Å². The van der Waals surface area contributed by atoms with Gasteiger partial charge in [0.25, 0.3) is 0 Å². The number of hydrogen-bond donors (Lipinski definition) is 1. The van der Waals surface area contributed by atoms with Gasteiger partial charge in [0.1, 0.15) is 0 Å². The average molecular weight is 287 g/mol. The summed E-state index contributed by atoms with van der Waals surface area (Å²) in [6.45, 7) is 0.897. The molecule has 18 heavy (non-hydrogen) atoms. The smallest absolute Gasteiger partial charge is 0.309 e. The van der Waals surface area contributed by atoms with E-state index in [9.17, 15) is 17.6 Å². The summed E-state index contributed by atoms with van der Waals surface area (Å²) < 4.78 is 56.7. The first-order chi connectivity index (χ1) is 8.46. The lowest BCUT2D eigenvalue weighted by Crippen LogP contribution is -2.62. The Kier molecular flexibility index (Phi) is 4.44. The number of thioether (sulfide) groups is 1. The van der Waals surface area contributed by atoms with Crippen LogP contribution in [0.4, 0.5) is 17.6 Å². The van der Waals surface area contributed by atoms with Gasteiger partial charge in [0.05, 0.1) is 12.2 Å². The van der Waals surface area contributed by atoms with Crippen LogP contribution in [0.3, 0.4) is 0 Å². The Labute approximate surface area is 108 Å². The topological polar surface area (TPSA) is 21.3 Å². The Bertz CT molecular complexity index is 276. The SMILES string of the molecule is FC(F)C(F)(F)CC1NCCOC12CCCSC2. The van der Waals surface area contributed by atoms with E-state index in [0.717, 1.165) is 12.2 Å². The van der Waals surface area contributed by atoms with Gasteiger partial charge < -0.3 is 10.1 Å². The summed E-state index contributed by atoms with van der Waals surface area (Å²) in [5, 5.41) is 2.94. The fourth-order valence-corrected chi connectivity index (χ4v) is 3.84. The van der Waals surface area contributed by atoms with E-state index in [1.54, 1.807) is 11.8 Å². The van der Waals surface area contributed by atoms with Crippen molar-refractivity contribution in [2.24, 2.45) is 0 Å². The van der Waals surface area contributed by atoms with Crippen LogP contribution in [0.1, 0.15) is 19.3 Å². The maximum Gasteiger partial charge on any atom is 0.309 e. The van der Waals surface area contributed by atoms with Crippen LogP contribution in [0.25, 0.3) is 0 Å². The standard InChI is InChI=1S/C11H17F4NOS/c12-9(13)11(14,15)6-8-10(17-4-3-16-8)2-1-5-18-7-10/h8-9,16H,1-7H2. The van der Waals surface area contributed by atoms with Gasteiger partial charge in [-0.1, -0.05) is 0 Å². The van der Waals surface area contributed by atoms with Crippen LogP contribution in [0.2, 0.25) is 0 Å². The number of nitrogens with one attached hydrogen (secondary N) is 1. The van der Waals surface area contributed by atoms with E-state index in [0.29, 0.717) is 25.3 Å². The van der Waals surface area contributed by atoms with Gasteiger partial charge in [0, 0.05) is 24.8 Å². The summed E-state index contributed by atoms with van der Waals surface area (Å²) >= 11 is 1.64. The van der Waals surface area contributed by atoms with Gasteiger partial charge >= 0.3 is 12.3 Å². The number of halogens is 4. The van der Waals surface area contributed by atoms with E-state index in [4.69, 9.17) is 4.74 Å². The van der Waals surface area contributed by atoms with E-state index in [-0.39, 0.29) is 0 Å². The van der Waals surface area contributed by atoms with Gasteiger partial charge in [-0.2, -0.15) is 11.8 Å². The van der Waals surface area contributed by atoms with Crippen molar-refractivity contribution in [3.05, 3.63) is 0 Å². The molecule has 0 bridgehead atoms. The minimum atomic E-state index is -3.95.